The van der Waals surface area contributed by atoms with Gasteiger partial charge in [0.25, 0.3) is 0 Å². The van der Waals surface area contributed by atoms with Crippen molar-refractivity contribution in [2.75, 3.05) is 0 Å². The van der Waals surface area contributed by atoms with Crippen LogP contribution in [0, 0.1) is 0 Å². The van der Waals surface area contributed by atoms with Crippen molar-refractivity contribution >= 4 is 39.7 Å². The van der Waals surface area contributed by atoms with Crippen LogP contribution in [0.15, 0.2) is 30.3 Å². The van der Waals surface area contributed by atoms with Crippen molar-refractivity contribution in [3.05, 3.63) is 36.0 Å². The number of hydrogen-bond donors (Lipinski definition) is 0. The van der Waals surface area contributed by atoms with Gasteiger partial charge in [-0.1, -0.05) is 0 Å². The number of nitrogens with zero attached hydrogens (tertiary/aromatic N) is 1. The summed E-state index contributed by atoms with van der Waals surface area (Å²) in [6.07, 6.45) is 0. The summed E-state index contributed by atoms with van der Waals surface area (Å²) in [6, 6.07) is 10.5. The summed E-state index contributed by atoms with van der Waals surface area (Å²) in [5, 5.41) is 2.56. The van der Waals surface area contributed by atoms with Crippen LogP contribution < -0.4 is 0 Å². The van der Waals surface area contributed by atoms with Gasteiger partial charge in [-0.2, -0.15) is 0 Å². The predicted molar refractivity (Wildman–Crippen MR) is 67.4 cm³/mol. The number of carbonyl (C=O) groups is 1. The standard InChI is InChI=1S/C13H11NOSe/c1-8(15)11-7-10-9-5-3-4-6-12(9)16-13(10)14(11)2/h3-7H,1-2H3. The molecule has 0 atom stereocenters. The molecule has 0 radical (unpaired) electrons. The minimum atomic E-state index is 0.144. The van der Waals surface area contributed by atoms with Gasteiger partial charge >= 0.3 is 99.1 Å². The molecule has 2 nitrogen and oxygen atoms in total. The van der Waals surface area contributed by atoms with E-state index in [9.17, 15) is 4.79 Å². The summed E-state index contributed by atoms with van der Waals surface area (Å²) < 4.78 is 4.79. The van der Waals surface area contributed by atoms with Crippen LogP contribution in [0.2, 0.25) is 0 Å². The number of fused-ring (bicyclic) bond motifs is 3. The van der Waals surface area contributed by atoms with Crippen LogP contribution in [0.25, 0.3) is 19.4 Å². The first-order valence-electron chi connectivity index (χ1n) is 5.16. The molecule has 0 aliphatic carbocycles. The predicted octanol–water partition coefficient (Wildman–Crippen LogP) is 2.59. The van der Waals surface area contributed by atoms with Gasteiger partial charge in [0.1, 0.15) is 0 Å². The zero-order valence-electron chi connectivity index (χ0n) is 9.15. The van der Waals surface area contributed by atoms with Crippen molar-refractivity contribution in [2.45, 2.75) is 6.92 Å². The molecule has 0 amide bonds. The van der Waals surface area contributed by atoms with Crippen molar-refractivity contribution in [2.24, 2.45) is 7.05 Å². The number of benzene rings is 1. The van der Waals surface area contributed by atoms with Gasteiger partial charge in [-0.25, -0.2) is 0 Å². The average Bonchev–Trinajstić information content (AvgIpc) is 2.76. The summed E-state index contributed by atoms with van der Waals surface area (Å²) in [5.41, 5.74) is 0.821. The van der Waals surface area contributed by atoms with Gasteiger partial charge in [-0.05, 0) is 0 Å². The number of hydrogen-bond acceptors (Lipinski definition) is 1. The molecule has 3 heteroatoms. The van der Waals surface area contributed by atoms with Gasteiger partial charge in [-0.3, -0.25) is 0 Å². The van der Waals surface area contributed by atoms with Gasteiger partial charge in [0.15, 0.2) is 0 Å². The van der Waals surface area contributed by atoms with Crippen LogP contribution in [-0.2, 0) is 7.05 Å². The summed E-state index contributed by atoms with van der Waals surface area (Å²) in [7, 11) is 1.99. The van der Waals surface area contributed by atoms with Crippen molar-refractivity contribution < 1.29 is 4.79 Å². The third-order valence-electron chi connectivity index (χ3n) is 2.92. The Morgan fingerprint density at radius 1 is 1.25 bits per heavy atom. The summed E-state index contributed by atoms with van der Waals surface area (Å²) in [5.74, 6) is 0.144. The Morgan fingerprint density at radius 2 is 2.00 bits per heavy atom. The van der Waals surface area contributed by atoms with E-state index in [-0.39, 0.29) is 5.78 Å². The average molecular weight is 276 g/mol. The van der Waals surface area contributed by atoms with Crippen LogP contribution in [0.5, 0.6) is 0 Å². The number of ketones is 1. The number of Topliss-reactive ketones (excluding diaryl/α,β-unsaturated/α-hetero) is 1. The number of aromatic nitrogens is 1. The van der Waals surface area contributed by atoms with E-state index >= 15 is 0 Å². The molecule has 0 aliphatic rings. The maximum absolute atomic E-state index is 11.5. The molecular formula is C13H11NOSe. The SMILES string of the molecule is CC(=O)c1cc2c3ccccc3[se]c2n1C. The maximum atomic E-state index is 11.5. The Morgan fingerprint density at radius 3 is 2.75 bits per heavy atom. The minimum absolute atomic E-state index is 0.144. The van der Waals surface area contributed by atoms with Crippen LogP contribution in [0.4, 0.5) is 0 Å². The molecule has 2 heterocycles. The van der Waals surface area contributed by atoms with E-state index in [2.05, 4.69) is 28.8 Å². The molecule has 0 bridgehead atoms. The molecule has 0 saturated heterocycles. The molecule has 2 aromatic heterocycles. The summed E-state index contributed by atoms with van der Waals surface area (Å²) >= 11 is 0.342. The van der Waals surface area contributed by atoms with E-state index in [0.717, 1.165) is 5.69 Å². The van der Waals surface area contributed by atoms with Gasteiger partial charge in [-0.15, -0.1) is 0 Å². The van der Waals surface area contributed by atoms with Crippen molar-refractivity contribution in [3.8, 4) is 0 Å². The first-order valence-corrected chi connectivity index (χ1v) is 6.87. The monoisotopic (exact) mass is 277 g/mol. The Hall–Kier alpha value is -1.31. The summed E-state index contributed by atoms with van der Waals surface area (Å²) in [4.78, 5) is 11.5. The van der Waals surface area contributed by atoms with Crippen molar-refractivity contribution in [1.82, 2.24) is 4.57 Å². The first kappa shape index (κ1) is 9.88. The zero-order valence-corrected chi connectivity index (χ0v) is 10.9. The molecule has 16 heavy (non-hydrogen) atoms. The molecule has 0 aliphatic heterocycles. The third-order valence-corrected chi connectivity index (χ3v) is 5.57. The van der Waals surface area contributed by atoms with E-state index in [1.165, 1.54) is 19.4 Å². The topological polar surface area (TPSA) is 22.0 Å². The zero-order chi connectivity index (χ0) is 11.3. The van der Waals surface area contributed by atoms with Crippen LogP contribution in [-0.4, -0.2) is 24.9 Å². The molecule has 0 fully saturated rings. The fraction of sp³-hybridized carbons (Fsp3) is 0.154. The van der Waals surface area contributed by atoms with Gasteiger partial charge in [0.2, 0.25) is 0 Å². The van der Waals surface area contributed by atoms with Crippen molar-refractivity contribution in [3.63, 3.8) is 0 Å². The van der Waals surface area contributed by atoms with Crippen LogP contribution in [0.3, 0.4) is 0 Å². The van der Waals surface area contributed by atoms with Gasteiger partial charge in [0.05, 0.1) is 0 Å². The van der Waals surface area contributed by atoms with E-state index in [0.29, 0.717) is 14.5 Å². The molecule has 0 saturated carbocycles. The van der Waals surface area contributed by atoms with E-state index < -0.39 is 0 Å². The molecule has 3 rings (SSSR count). The Labute approximate surface area is 99.2 Å². The van der Waals surface area contributed by atoms with E-state index in [1.54, 1.807) is 6.92 Å². The van der Waals surface area contributed by atoms with E-state index in [4.69, 9.17) is 0 Å². The molecule has 80 valence electrons. The Bertz CT molecular complexity index is 705. The third kappa shape index (κ3) is 1.22. The number of aryl methyl sites for hydroxylation is 1. The van der Waals surface area contributed by atoms with Gasteiger partial charge in [0, 0.05) is 0 Å². The molecule has 1 aromatic carbocycles. The van der Waals surface area contributed by atoms with Crippen LogP contribution >= 0.6 is 0 Å². The Kier molecular flexibility index (Phi) is 2.06. The molecule has 0 spiro atoms. The molecule has 0 N–H and O–H groups in total. The second kappa shape index (κ2) is 3.34. The van der Waals surface area contributed by atoms with Gasteiger partial charge < -0.3 is 0 Å². The second-order valence-electron chi connectivity index (χ2n) is 3.96. The fourth-order valence-corrected chi connectivity index (χ4v) is 4.55. The number of rotatable bonds is 1. The first-order chi connectivity index (χ1) is 7.68. The summed E-state index contributed by atoms with van der Waals surface area (Å²) in [6.45, 7) is 1.63. The van der Waals surface area contributed by atoms with E-state index in [1.807, 2.05) is 13.1 Å². The Balaban J connectivity index is 2.48. The van der Waals surface area contributed by atoms with Crippen LogP contribution in [0.1, 0.15) is 17.4 Å². The second-order valence-corrected chi connectivity index (χ2v) is 6.12. The fourth-order valence-electron chi connectivity index (χ4n) is 2.12. The molecule has 0 unspecified atom stereocenters. The van der Waals surface area contributed by atoms with Crippen molar-refractivity contribution in [1.29, 1.82) is 0 Å². The quantitative estimate of drug-likeness (QED) is 0.494. The molecule has 3 aromatic rings. The molecular weight excluding hydrogens is 265 g/mol. The normalized spacial score (nSPS) is 11.4. The number of carbonyl (C=O) groups excluding carboxylic acids is 1.